The van der Waals surface area contributed by atoms with E-state index in [1.54, 1.807) is 4.90 Å². The van der Waals surface area contributed by atoms with Crippen LogP contribution in [0.5, 0.6) is 0 Å². The highest BCUT2D eigenvalue weighted by molar-refractivity contribution is 5.68. The third-order valence-electron chi connectivity index (χ3n) is 3.61. The van der Waals surface area contributed by atoms with E-state index in [4.69, 9.17) is 4.74 Å². The first kappa shape index (κ1) is 13.6. The molecule has 0 bridgehead atoms. The summed E-state index contributed by atoms with van der Waals surface area (Å²) < 4.78 is 5.38. The van der Waals surface area contributed by atoms with E-state index >= 15 is 0 Å². The van der Waals surface area contributed by atoms with Gasteiger partial charge in [0.2, 0.25) is 0 Å². The molecule has 2 heterocycles. The molecule has 2 rings (SSSR count). The number of likely N-dealkylation sites (tertiary alicyclic amines) is 1. The van der Waals surface area contributed by atoms with Crippen molar-refractivity contribution in [1.29, 1.82) is 0 Å². The minimum absolute atomic E-state index is 0.103. The van der Waals surface area contributed by atoms with Crippen molar-refractivity contribution in [3.05, 3.63) is 0 Å². The summed E-state index contributed by atoms with van der Waals surface area (Å²) in [6, 6.07) is 0. The molecule has 0 aliphatic carbocycles. The van der Waals surface area contributed by atoms with Crippen LogP contribution in [0.1, 0.15) is 40.0 Å². The number of nitrogens with zero attached hydrogens (tertiary/aromatic N) is 1. The van der Waals surface area contributed by atoms with Crippen LogP contribution in [0.3, 0.4) is 0 Å². The average molecular weight is 256 g/mol. The van der Waals surface area contributed by atoms with Crippen molar-refractivity contribution < 1.29 is 14.6 Å². The van der Waals surface area contributed by atoms with Gasteiger partial charge in [-0.05, 0) is 46.6 Å². The average Bonchev–Trinajstić information content (AvgIpc) is 2.59. The summed E-state index contributed by atoms with van der Waals surface area (Å²) in [5.41, 5.74) is -0.555. The van der Waals surface area contributed by atoms with E-state index in [1.807, 2.05) is 20.8 Å². The van der Waals surface area contributed by atoms with Gasteiger partial charge in [0.1, 0.15) is 5.60 Å². The van der Waals surface area contributed by atoms with Crippen LogP contribution in [0.15, 0.2) is 0 Å². The predicted octanol–water partition coefficient (Wildman–Crippen LogP) is 1.11. The Kier molecular flexibility index (Phi) is 3.56. The van der Waals surface area contributed by atoms with Crippen molar-refractivity contribution in [2.24, 2.45) is 0 Å². The molecule has 2 unspecified atom stereocenters. The maximum Gasteiger partial charge on any atom is 0.410 e. The van der Waals surface area contributed by atoms with Gasteiger partial charge < -0.3 is 20.1 Å². The summed E-state index contributed by atoms with van der Waals surface area (Å²) in [7, 11) is 0. The second-order valence-electron chi connectivity index (χ2n) is 6.51. The van der Waals surface area contributed by atoms with E-state index in [2.05, 4.69) is 5.32 Å². The lowest BCUT2D eigenvalue weighted by atomic mass is 9.86. The first-order valence-electron chi connectivity index (χ1n) is 6.71. The summed E-state index contributed by atoms with van der Waals surface area (Å²) >= 11 is 0. The SMILES string of the molecule is CC(C)(C)OC(=O)N1CCC2(CC(O)CCN2)C1. The monoisotopic (exact) mass is 256 g/mol. The number of rotatable bonds is 0. The number of hydrogen-bond donors (Lipinski definition) is 2. The third-order valence-corrected chi connectivity index (χ3v) is 3.61. The Morgan fingerprint density at radius 2 is 2.22 bits per heavy atom. The van der Waals surface area contributed by atoms with E-state index in [9.17, 15) is 9.90 Å². The molecule has 5 heteroatoms. The van der Waals surface area contributed by atoms with Crippen LogP contribution in [-0.4, -0.2) is 53.0 Å². The molecule has 2 fully saturated rings. The lowest BCUT2D eigenvalue weighted by Crippen LogP contribution is -2.54. The fourth-order valence-corrected chi connectivity index (χ4v) is 2.79. The second kappa shape index (κ2) is 4.70. The summed E-state index contributed by atoms with van der Waals surface area (Å²) in [4.78, 5) is 13.7. The van der Waals surface area contributed by atoms with Gasteiger partial charge in [-0.2, -0.15) is 0 Å². The number of hydrogen-bond acceptors (Lipinski definition) is 4. The molecule has 5 nitrogen and oxygen atoms in total. The molecule has 2 atom stereocenters. The lowest BCUT2D eigenvalue weighted by molar-refractivity contribution is 0.0251. The van der Waals surface area contributed by atoms with Crippen LogP contribution < -0.4 is 5.32 Å². The summed E-state index contributed by atoms with van der Waals surface area (Å²) in [6.07, 6.45) is 1.93. The molecule has 0 aromatic carbocycles. The fraction of sp³-hybridized carbons (Fsp3) is 0.923. The Bertz CT molecular complexity index is 327. The number of aliphatic hydroxyl groups is 1. The minimum atomic E-state index is -0.452. The van der Waals surface area contributed by atoms with Crippen LogP contribution in [0.2, 0.25) is 0 Å². The highest BCUT2D eigenvalue weighted by Crippen LogP contribution is 2.30. The van der Waals surface area contributed by atoms with E-state index in [0.717, 1.165) is 25.8 Å². The number of piperidine rings is 1. The first-order valence-corrected chi connectivity index (χ1v) is 6.71. The van der Waals surface area contributed by atoms with Crippen molar-refractivity contribution in [2.45, 2.75) is 57.3 Å². The summed E-state index contributed by atoms with van der Waals surface area (Å²) in [5, 5.41) is 13.2. The second-order valence-corrected chi connectivity index (χ2v) is 6.51. The van der Waals surface area contributed by atoms with Gasteiger partial charge in [0.15, 0.2) is 0 Å². The van der Waals surface area contributed by atoms with Gasteiger partial charge in [-0.25, -0.2) is 4.79 Å². The van der Waals surface area contributed by atoms with Crippen molar-refractivity contribution in [3.63, 3.8) is 0 Å². The smallest absolute Gasteiger partial charge is 0.410 e. The van der Waals surface area contributed by atoms with Gasteiger partial charge in [-0.15, -0.1) is 0 Å². The fourth-order valence-electron chi connectivity index (χ4n) is 2.79. The van der Waals surface area contributed by atoms with E-state index < -0.39 is 5.60 Å². The zero-order chi connectivity index (χ0) is 13.4. The molecule has 1 spiro atoms. The summed E-state index contributed by atoms with van der Waals surface area (Å²) in [6.45, 7) is 7.79. The quantitative estimate of drug-likeness (QED) is 0.681. The molecule has 18 heavy (non-hydrogen) atoms. The molecular formula is C13H24N2O3. The van der Waals surface area contributed by atoms with Gasteiger partial charge >= 0.3 is 6.09 Å². The Morgan fingerprint density at radius 1 is 1.50 bits per heavy atom. The van der Waals surface area contributed by atoms with E-state index in [1.165, 1.54) is 0 Å². The normalized spacial score (nSPS) is 32.9. The van der Waals surface area contributed by atoms with Gasteiger partial charge in [0.05, 0.1) is 6.10 Å². The molecular weight excluding hydrogens is 232 g/mol. The van der Waals surface area contributed by atoms with Crippen molar-refractivity contribution >= 4 is 6.09 Å². The number of ether oxygens (including phenoxy) is 1. The highest BCUT2D eigenvalue weighted by Gasteiger charge is 2.43. The van der Waals surface area contributed by atoms with Crippen LogP contribution in [0, 0.1) is 0 Å². The van der Waals surface area contributed by atoms with Crippen molar-refractivity contribution in [1.82, 2.24) is 10.2 Å². The first-order chi connectivity index (χ1) is 8.30. The molecule has 2 aliphatic heterocycles. The Morgan fingerprint density at radius 3 is 2.83 bits per heavy atom. The molecule has 2 saturated heterocycles. The number of nitrogens with one attached hydrogen (secondary N) is 1. The van der Waals surface area contributed by atoms with Crippen molar-refractivity contribution in [2.75, 3.05) is 19.6 Å². The molecule has 0 radical (unpaired) electrons. The van der Waals surface area contributed by atoms with Gasteiger partial charge in [-0.3, -0.25) is 0 Å². The van der Waals surface area contributed by atoms with E-state index in [0.29, 0.717) is 13.1 Å². The maximum atomic E-state index is 12.0. The third kappa shape index (κ3) is 3.14. The Balaban J connectivity index is 1.93. The lowest BCUT2D eigenvalue weighted by Gasteiger charge is -2.37. The number of amides is 1. The molecule has 104 valence electrons. The maximum absolute atomic E-state index is 12.0. The number of aliphatic hydroxyl groups excluding tert-OH is 1. The zero-order valence-corrected chi connectivity index (χ0v) is 11.5. The summed E-state index contributed by atoms with van der Waals surface area (Å²) in [5.74, 6) is 0. The molecule has 0 aromatic rings. The standard InChI is InChI=1S/C13H24N2O3/c1-12(2,3)18-11(17)15-7-5-13(9-15)8-10(16)4-6-14-13/h10,14,16H,4-9H2,1-3H3. The van der Waals surface area contributed by atoms with Gasteiger partial charge in [0, 0.05) is 18.6 Å². The Labute approximate surface area is 108 Å². The predicted molar refractivity (Wildman–Crippen MR) is 68.4 cm³/mol. The molecule has 1 amide bonds. The Hall–Kier alpha value is -0.810. The van der Waals surface area contributed by atoms with Crippen LogP contribution in [0.25, 0.3) is 0 Å². The van der Waals surface area contributed by atoms with E-state index in [-0.39, 0.29) is 17.7 Å². The van der Waals surface area contributed by atoms with Gasteiger partial charge in [-0.1, -0.05) is 0 Å². The highest BCUT2D eigenvalue weighted by atomic mass is 16.6. The number of carbonyl (C=O) groups is 1. The van der Waals surface area contributed by atoms with Crippen LogP contribution in [-0.2, 0) is 4.74 Å². The molecule has 2 N–H and O–H groups in total. The number of carbonyl (C=O) groups excluding carboxylic acids is 1. The van der Waals surface area contributed by atoms with Crippen molar-refractivity contribution in [3.8, 4) is 0 Å². The topological polar surface area (TPSA) is 61.8 Å². The van der Waals surface area contributed by atoms with Crippen LogP contribution in [0.4, 0.5) is 4.79 Å². The molecule has 0 aromatic heterocycles. The van der Waals surface area contributed by atoms with Crippen LogP contribution >= 0.6 is 0 Å². The molecule has 2 aliphatic rings. The zero-order valence-electron chi connectivity index (χ0n) is 11.5. The molecule has 0 saturated carbocycles. The largest absolute Gasteiger partial charge is 0.444 e. The van der Waals surface area contributed by atoms with Gasteiger partial charge in [0.25, 0.3) is 0 Å². The minimum Gasteiger partial charge on any atom is -0.444 e.